The highest BCUT2D eigenvalue weighted by Gasteiger charge is 2.29. The number of para-hydroxylation sites is 1. The SMILES string of the molecule is O=c1[nH]c(CN2CCn3cccc3[C@@H]2c2ccccc2)nc2ccccc12. The molecule has 0 saturated heterocycles. The summed E-state index contributed by atoms with van der Waals surface area (Å²) in [6.45, 7) is 2.44. The van der Waals surface area contributed by atoms with Crippen molar-refractivity contribution in [2.45, 2.75) is 19.1 Å². The predicted octanol–water partition coefficient (Wildman–Crippen LogP) is 3.33. The topological polar surface area (TPSA) is 53.9 Å². The van der Waals surface area contributed by atoms with Crippen LogP contribution >= 0.6 is 0 Å². The smallest absolute Gasteiger partial charge is 0.258 e. The maximum Gasteiger partial charge on any atom is 0.258 e. The molecule has 1 atom stereocenters. The van der Waals surface area contributed by atoms with Crippen LogP contribution in [0.25, 0.3) is 10.9 Å². The standard InChI is InChI=1S/C22H20N4O/c27-22-17-9-4-5-10-18(17)23-20(24-22)15-26-14-13-25-12-6-11-19(25)21(26)16-7-2-1-3-8-16/h1-12,21H,13-15H2,(H,23,24,27)/t21-/m0/s1. The first-order chi connectivity index (χ1) is 13.3. The second-order valence-electron chi connectivity index (χ2n) is 6.94. The quantitative estimate of drug-likeness (QED) is 0.613. The zero-order valence-corrected chi connectivity index (χ0v) is 14.9. The maximum atomic E-state index is 12.4. The van der Waals surface area contributed by atoms with Crippen molar-refractivity contribution in [1.82, 2.24) is 19.4 Å². The van der Waals surface area contributed by atoms with Crippen LogP contribution in [-0.4, -0.2) is 26.0 Å². The summed E-state index contributed by atoms with van der Waals surface area (Å²) in [5, 5.41) is 0.633. The molecule has 4 aromatic rings. The molecule has 0 bridgehead atoms. The van der Waals surface area contributed by atoms with Gasteiger partial charge in [-0.1, -0.05) is 42.5 Å². The minimum Gasteiger partial charge on any atom is -0.348 e. The number of aromatic nitrogens is 3. The van der Waals surface area contributed by atoms with E-state index < -0.39 is 0 Å². The molecule has 0 fully saturated rings. The third kappa shape index (κ3) is 2.86. The van der Waals surface area contributed by atoms with Crippen molar-refractivity contribution < 1.29 is 0 Å². The molecular formula is C22H20N4O. The molecule has 0 unspecified atom stereocenters. The van der Waals surface area contributed by atoms with Crippen LogP contribution in [0.5, 0.6) is 0 Å². The van der Waals surface area contributed by atoms with Gasteiger partial charge in [0.25, 0.3) is 5.56 Å². The van der Waals surface area contributed by atoms with Gasteiger partial charge in [0.05, 0.1) is 23.5 Å². The van der Waals surface area contributed by atoms with Crippen molar-refractivity contribution in [1.29, 1.82) is 0 Å². The van der Waals surface area contributed by atoms with Gasteiger partial charge < -0.3 is 9.55 Å². The third-order valence-electron chi connectivity index (χ3n) is 5.27. The van der Waals surface area contributed by atoms with E-state index >= 15 is 0 Å². The Morgan fingerprint density at radius 3 is 2.67 bits per heavy atom. The Labute approximate surface area is 156 Å². The summed E-state index contributed by atoms with van der Waals surface area (Å²) in [4.78, 5) is 22.5. The molecule has 0 aliphatic carbocycles. The molecule has 5 rings (SSSR count). The number of hydrogen-bond donors (Lipinski definition) is 1. The van der Waals surface area contributed by atoms with Crippen LogP contribution in [0, 0.1) is 0 Å². The Bertz CT molecular complexity index is 1150. The average molecular weight is 356 g/mol. The van der Waals surface area contributed by atoms with Crippen LogP contribution in [0.15, 0.2) is 77.7 Å². The third-order valence-corrected chi connectivity index (χ3v) is 5.27. The molecule has 1 N–H and O–H groups in total. The Morgan fingerprint density at radius 2 is 1.78 bits per heavy atom. The van der Waals surface area contributed by atoms with Gasteiger partial charge in [0.2, 0.25) is 0 Å². The summed E-state index contributed by atoms with van der Waals surface area (Å²) >= 11 is 0. The Kier molecular flexibility index (Phi) is 3.87. The van der Waals surface area contributed by atoms with E-state index in [4.69, 9.17) is 4.98 Å². The monoisotopic (exact) mass is 356 g/mol. The number of H-pyrrole nitrogens is 1. The van der Waals surface area contributed by atoms with E-state index in [2.05, 4.69) is 57.0 Å². The van der Waals surface area contributed by atoms with Crippen LogP contribution in [0.2, 0.25) is 0 Å². The van der Waals surface area contributed by atoms with E-state index in [9.17, 15) is 4.79 Å². The number of benzene rings is 2. The summed E-state index contributed by atoms with van der Waals surface area (Å²) in [7, 11) is 0. The van der Waals surface area contributed by atoms with Gasteiger partial charge in [0.15, 0.2) is 0 Å². The van der Waals surface area contributed by atoms with Gasteiger partial charge in [0, 0.05) is 25.0 Å². The van der Waals surface area contributed by atoms with E-state index in [-0.39, 0.29) is 11.6 Å². The molecule has 2 aromatic carbocycles. The van der Waals surface area contributed by atoms with Gasteiger partial charge in [-0.25, -0.2) is 4.98 Å². The molecule has 0 spiro atoms. The summed E-state index contributed by atoms with van der Waals surface area (Å²) in [5.74, 6) is 0.708. The van der Waals surface area contributed by atoms with E-state index in [0.717, 1.165) is 18.6 Å². The van der Waals surface area contributed by atoms with Crippen molar-refractivity contribution in [3.05, 3.63) is 100 Å². The van der Waals surface area contributed by atoms with Crippen molar-refractivity contribution in [3.63, 3.8) is 0 Å². The minimum absolute atomic E-state index is 0.0766. The highest BCUT2D eigenvalue weighted by atomic mass is 16.1. The number of nitrogens with one attached hydrogen (secondary N) is 1. The van der Waals surface area contributed by atoms with Crippen LogP contribution in [-0.2, 0) is 13.1 Å². The fourth-order valence-electron chi connectivity index (χ4n) is 4.02. The number of aromatic amines is 1. The lowest BCUT2D eigenvalue weighted by atomic mass is 10.00. The molecular weight excluding hydrogens is 336 g/mol. The number of fused-ring (bicyclic) bond motifs is 2. The van der Waals surface area contributed by atoms with Gasteiger partial charge in [-0.3, -0.25) is 9.69 Å². The molecule has 0 amide bonds. The lowest BCUT2D eigenvalue weighted by Crippen LogP contribution is -2.38. The van der Waals surface area contributed by atoms with Gasteiger partial charge in [0.1, 0.15) is 5.82 Å². The van der Waals surface area contributed by atoms with Gasteiger partial charge >= 0.3 is 0 Å². The van der Waals surface area contributed by atoms with Crippen LogP contribution in [0.3, 0.4) is 0 Å². The molecule has 27 heavy (non-hydrogen) atoms. The predicted molar refractivity (Wildman–Crippen MR) is 105 cm³/mol. The summed E-state index contributed by atoms with van der Waals surface area (Å²) in [6, 6.07) is 22.4. The fourth-order valence-corrected chi connectivity index (χ4v) is 4.02. The molecule has 5 nitrogen and oxygen atoms in total. The highest BCUT2D eigenvalue weighted by molar-refractivity contribution is 5.77. The molecule has 3 heterocycles. The zero-order valence-electron chi connectivity index (χ0n) is 14.9. The van der Waals surface area contributed by atoms with E-state index in [0.29, 0.717) is 17.8 Å². The molecule has 5 heteroatoms. The van der Waals surface area contributed by atoms with Crippen LogP contribution in [0.4, 0.5) is 0 Å². The Hall–Kier alpha value is -3.18. The maximum absolute atomic E-state index is 12.4. The molecule has 0 radical (unpaired) electrons. The molecule has 2 aromatic heterocycles. The molecule has 1 aliphatic heterocycles. The second-order valence-corrected chi connectivity index (χ2v) is 6.94. The first-order valence-electron chi connectivity index (χ1n) is 9.21. The highest BCUT2D eigenvalue weighted by Crippen LogP contribution is 2.33. The number of nitrogens with zero attached hydrogens (tertiary/aromatic N) is 3. The second kappa shape index (κ2) is 6.52. The lowest BCUT2D eigenvalue weighted by molar-refractivity contribution is 0.170. The molecule has 134 valence electrons. The summed E-state index contributed by atoms with van der Waals surface area (Å²) < 4.78 is 2.31. The largest absolute Gasteiger partial charge is 0.348 e. The Morgan fingerprint density at radius 1 is 0.963 bits per heavy atom. The Balaban J connectivity index is 1.55. The van der Waals surface area contributed by atoms with Gasteiger partial charge in [-0.05, 0) is 29.8 Å². The average Bonchev–Trinajstić information content (AvgIpc) is 3.17. The van der Waals surface area contributed by atoms with Gasteiger partial charge in [-0.15, -0.1) is 0 Å². The lowest BCUT2D eigenvalue weighted by Gasteiger charge is -2.37. The van der Waals surface area contributed by atoms with E-state index in [1.807, 2.05) is 30.3 Å². The van der Waals surface area contributed by atoms with E-state index in [1.54, 1.807) is 0 Å². The first-order valence-corrected chi connectivity index (χ1v) is 9.21. The first kappa shape index (κ1) is 16.0. The summed E-state index contributed by atoms with van der Waals surface area (Å²) in [5.41, 5.74) is 3.19. The van der Waals surface area contributed by atoms with Crippen molar-refractivity contribution in [2.75, 3.05) is 6.54 Å². The zero-order chi connectivity index (χ0) is 18.2. The normalized spacial score (nSPS) is 17.1. The van der Waals surface area contributed by atoms with Crippen molar-refractivity contribution >= 4 is 10.9 Å². The van der Waals surface area contributed by atoms with E-state index in [1.165, 1.54) is 11.3 Å². The number of rotatable bonds is 3. The summed E-state index contributed by atoms with van der Waals surface area (Å²) in [6.07, 6.45) is 2.14. The minimum atomic E-state index is -0.0766. The van der Waals surface area contributed by atoms with Crippen molar-refractivity contribution in [2.24, 2.45) is 0 Å². The number of hydrogen-bond acceptors (Lipinski definition) is 3. The molecule has 1 aliphatic rings. The van der Waals surface area contributed by atoms with Gasteiger partial charge in [-0.2, -0.15) is 0 Å². The van der Waals surface area contributed by atoms with Crippen LogP contribution < -0.4 is 5.56 Å². The molecule has 0 saturated carbocycles. The van der Waals surface area contributed by atoms with Crippen LogP contribution in [0.1, 0.15) is 23.1 Å². The fraction of sp³-hybridized carbons (Fsp3) is 0.182. The van der Waals surface area contributed by atoms with Crippen molar-refractivity contribution in [3.8, 4) is 0 Å².